The van der Waals surface area contributed by atoms with Crippen LogP contribution in [-0.4, -0.2) is 16.0 Å². The molecule has 4 aromatic rings. The number of carbonyl (C=O) groups excluding carboxylic acids is 1. The number of rotatable bonds is 4. The lowest BCUT2D eigenvalue weighted by Crippen LogP contribution is -2.15. The lowest BCUT2D eigenvalue weighted by molar-refractivity contribution is -0.117. The lowest BCUT2D eigenvalue weighted by atomic mass is 10.0. The van der Waals surface area contributed by atoms with Crippen LogP contribution in [0.3, 0.4) is 0 Å². The second-order valence-electron chi connectivity index (χ2n) is 6.00. The summed E-state index contributed by atoms with van der Waals surface area (Å²) in [7, 11) is 0. The number of nitrogens with one attached hydrogen (secondary N) is 1. The van der Waals surface area contributed by atoms with E-state index in [0.717, 1.165) is 16.5 Å². The zero-order chi connectivity index (χ0) is 18.3. The quantitative estimate of drug-likeness (QED) is 0.566. The fourth-order valence-electron chi connectivity index (χ4n) is 2.95. The smallest absolute Gasteiger partial charge is 0.272 e. The molecule has 0 aliphatic carbocycles. The van der Waals surface area contributed by atoms with Crippen LogP contribution in [0.1, 0.15) is 11.3 Å². The summed E-state index contributed by atoms with van der Waals surface area (Å²) in [6, 6.07) is 10.5. The molecule has 0 bridgehead atoms. The number of halogens is 2. The van der Waals surface area contributed by atoms with Gasteiger partial charge in [-0.1, -0.05) is 29.3 Å². The van der Waals surface area contributed by atoms with Gasteiger partial charge in [-0.15, -0.1) is 0 Å². The minimum Gasteiger partial charge on any atom is -0.464 e. The van der Waals surface area contributed by atoms with Crippen LogP contribution in [0.25, 0.3) is 21.7 Å². The molecule has 2 aromatic heterocycles. The van der Waals surface area contributed by atoms with E-state index in [2.05, 4.69) is 10.2 Å². The average Bonchev–Trinajstić information content (AvgIpc) is 3.07. The summed E-state index contributed by atoms with van der Waals surface area (Å²) in [4.78, 5) is 24.5. The van der Waals surface area contributed by atoms with E-state index >= 15 is 0 Å². The number of benzene rings is 2. The zero-order valence-corrected chi connectivity index (χ0v) is 14.9. The third-order valence-corrected chi connectivity index (χ3v) is 4.91. The number of furan rings is 1. The van der Waals surface area contributed by atoms with Gasteiger partial charge in [0.15, 0.2) is 0 Å². The van der Waals surface area contributed by atoms with E-state index in [1.165, 1.54) is 6.07 Å². The van der Waals surface area contributed by atoms with Crippen LogP contribution >= 0.6 is 23.2 Å². The predicted octanol–water partition coefficient (Wildman–Crippen LogP) is 4.33. The fourth-order valence-corrected chi connectivity index (χ4v) is 3.28. The monoisotopic (exact) mass is 386 g/mol. The Morgan fingerprint density at radius 3 is 2.62 bits per heavy atom. The Bertz CT molecular complexity index is 1210. The molecule has 2 heterocycles. The topological polar surface area (TPSA) is 76.0 Å². The van der Waals surface area contributed by atoms with Crippen LogP contribution in [0.5, 0.6) is 0 Å². The minimum atomic E-state index is -0.375. The molecule has 0 saturated heterocycles. The second-order valence-corrected chi connectivity index (χ2v) is 6.81. The number of fused-ring (bicyclic) bond motifs is 2. The predicted molar refractivity (Wildman–Crippen MR) is 101 cm³/mol. The summed E-state index contributed by atoms with van der Waals surface area (Å²) in [6.45, 7) is 0. The van der Waals surface area contributed by atoms with Crippen molar-refractivity contribution < 1.29 is 9.21 Å². The van der Waals surface area contributed by atoms with Gasteiger partial charge in [-0.3, -0.25) is 9.59 Å². The molecule has 4 rings (SSSR count). The van der Waals surface area contributed by atoms with E-state index in [0.29, 0.717) is 21.5 Å². The molecular weight excluding hydrogens is 375 g/mol. The molecule has 0 aliphatic heterocycles. The molecular formula is C19H12Cl2N2O3. The summed E-state index contributed by atoms with van der Waals surface area (Å²) in [5.41, 5.74) is 1.76. The largest absolute Gasteiger partial charge is 0.464 e. The zero-order valence-electron chi connectivity index (χ0n) is 13.4. The van der Waals surface area contributed by atoms with E-state index in [-0.39, 0.29) is 29.2 Å². The first-order valence-corrected chi connectivity index (χ1v) is 8.61. The number of H-pyrrole nitrogens is 1. The fraction of sp³-hybridized carbons (Fsp3) is 0.105. The van der Waals surface area contributed by atoms with E-state index in [4.69, 9.17) is 27.6 Å². The number of nitrogens with zero attached hydrogens (tertiary/aromatic N) is 1. The third kappa shape index (κ3) is 3.11. The molecule has 5 nitrogen and oxygen atoms in total. The van der Waals surface area contributed by atoms with Crippen LogP contribution in [0.15, 0.2) is 51.9 Å². The summed E-state index contributed by atoms with van der Waals surface area (Å²) >= 11 is 12.0. The molecule has 0 unspecified atom stereocenters. The Kier molecular flexibility index (Phi) is 4.26. The molecule has 130 valence electrons. The van der Waals surface area contributed by atoms with Gasteiger partial charge >= 0.3 is 0 Å². The number of Topliss-reactive ketones (excluding diaryl/α,β-unsaturated/α-hetero) is 1. The Morgan fingerprint density at radius 1 is 1.04 bits per heavy atom. The Balaban J connectivity index is 1.64. The summed E-state index contributed by atoms with van der Waals surface area (Å²) in [5.74, 6) is -0.0280. The Hall–Kier alpha value is -2.63. The Labute approximate surface area is 157 Å². The second kappa shape index (κ2) is 6.59. The highest BCUT2D eigenvalue weighted by molar-refractivity contribution is 6.42. The molecule has 0 atom stereocenters. The maximum absolute atomic E-state index is 12.5. The van der Waals surface area contributed by atoms with Crippen LogP contribution < -0.4 is 5.56 Å². The van der Waals surface area contributed by atoms with Crippen molar-refractivity contribution in [2.24, 2.45) is 0 Å². The first kappa shape index (κ1) is 16.8. The van der Waals surface area contributed by atoms with Gasteiger partial charge in [0, 0.05) is 17.2 Å². The van der Waals surface area contributed by atoms with Gasteiger partial charge in [-0.05, 0) is 35.9 Å². The van der Waals surface area contributed by atoms with Crippen molar-refractivity contribution in [3.63, 3.8) is 0 Å². The van der Waals surface area contributed by atoms with Crippen LogP contribution in [0.4, 0.5) is 0 Å². The number of hydrogen-bond acceptors (Lipinski definition) is 4. The highest BCUT2D eigenvalue weighted by Gasteiger charge is 2.14. The van der Waals surface area contributed by atoms with Gasteiger partial charge in [0.25, 0.3) is 5.56 Å². The average molecular weight is 387 g/mol. The van der Waals surface area contributed by atoms with Crippen molar-refractivity contribution in [1.29, 1.82) is 0 Å². The van der Waals surface area contributed by atoms with Crippen LogP contribution in [0, 0.1) is 0 Å². The highest BCUT2D eigenvalue weighted by atomic mass is 35.5. The van der Waals surface area contributed by atoms with E-state index in [1.807, 2.05) is 24.3 Å². The molecule has 0 saturated carbocycles. The molecule has 7 heteroatoms. The SMILES string of the molecule is O=C(Cc1ccc2occc2c1)Cc1n[nH]c(=O)c2cc(Cl)c(Cl)cc12. The normalized spacial score (nSPS) is 11.3. The first-order valence-electron chi connectivity index (χ1n) is 7.85. The van der Waals surface area contributed by atoms with Gasteiger partial charge < -0.3 is 4.42 Å². The van der Waals surface area contributed by atoms with Gasteiger partial charge in [-0.25, -0.2) is 5.10 Å². The molecule has 0 aliphatic rings. The van der Waals surface area contributed by atoms with E-state index in [1.54, 1.807) is 12.3 Å². The number of carbonyl (C=O) groups is 1. The van der Waals surface area contributed by atoms with Gasteiger partial charge in [0.1, 0.15) is 11.4 Å². The highest BCUT2D eigenvalue weighted by Crippen LogP contribution is 2.27. The standard InChI is InChI=1S/C19H12Cl2N2O3/c20-15-8-13-14(9-16(15)21)19(25)23-22-17(13)7-12(24)6-10-1-2-18-11(5-10)3-4-26-18/h1-5,8-9H,6-7H2,(H,23,25). The van der Waals surface area contributed by atoms with Gasteiger partial charge in [0.05, 0.1) is 33.8 Å². The van der Waals surface area contributed by atoms with Crippen molar-refractivity contribution in [3.05, 3.63) is 74.3 Å². The van der Waals surface area contributed by atoms with Crippen LogP contribution in [0.2, 0.25) is 10.0 Å². The van der Waals surface area contributed by atoms with E-state index < -0.39 is 0 Å². The summed E-state index contributed by atoms with van der Waals surface area (Å²) in [6.07, 6.45) is 1.95. The molecule has 0 amide bonds. The van der Waals surface area contributed by atoms with Crippen molar-refractivity contribution in [2.45, 2.75) is 12.8 Å². The van der Waals surface area contributed by atoms with Crippen LogP contribution in [-0.2, 0) is 17.6 Å². The third-order valence-electron chi connectivity index (χ3n) is 4.19. The molecule has 2 aromatic carbocycles. The van der Waals surface area contributed by atoms with Crippen molar-refractivity contribution in [2.75, 3.05) is 0 Å². The maximum Gasteiger partial charge on any atom is 0.272 e. The number of hydrogen-bond donors (Lipinski definition) is 1. The number of aromatic nitrogens is 2. The van der Waals surface area contributed by atoms with Crippen molar-refractivity contribution >= 4 is 50.7 Å². The number of aromatic amines is 1. The minimum absolute atomic E-state index is 0.0280. The molecule has 0 spiro atoms. The summed E-state index contributed by atoms with van der Waals surface area (Å²) < 4.78 is 5.30. The Morgan fingerprint density at radius 2 is 1.81 bits per heavy atom. The maximum atomic E-state index is 12.5. The van der Waals surface area contributed by atoms with Gasteiger partial charge in [-0.2, -0.15) is 5.10 Å². The number of ketones is 1. The molecule has 0 radical (unpaired) electrons. The lowest BCUT2D eigenvalue weighted by Gasteiger charge is -2.06. The molecule has 1 N–H and O–H groups in total. The molecule has 0 fully saturated rings. The first-order chi connectivity index (χ1) is 12.5. The van der Waals surface area contributed by atoms with Crippen molar-refractivity contribution in [1.82, 2.24) is 10.2 Å². The molecule has 26 heavy (non-hydrogen) atoms. The summed E-state index contributed by atoms with van der Waals surface area (Å²) in [5, 5.41) is 8.86. The van der Waals surface area contributed by atoms with E-state index in [9.17, 15) is 9.59 Å². The van der Waals surface area contributed by atoms with Gasteiger partial charge in [0.2, 0.25) is 0 Å². The van der Waals surface area contributed by atoms with Crippen molar-refractivity contribution in [3.8, 4) is 0 Å².